The van der Waals surface area contributed by atoms with Gasteiger partial charge in [0.15, 0.2) is 0 Å². The Balaban J connectivity index is 2.09. The summed E-state index contributed by atoms with van der Waals surface area (Å²) in [6.07, 6.45) is 0. The first kappa shape index (κ1) is 13.4. The number of aromatic amines is 1. The molecular formula is C18H18N2O. The lowest BCUT2D eigenvalue weighted by Gasteiger charge is -2.10. The summed E-state index contributed by atoms with van der Waals surface area (Å²) in [5.74, 6) is 0.497. The minimum absolute atomic E-state index is 0.0956. The van der Waals surface area contributed by atoms with E-state index in [9.17, 15) is 4.79 Å². The van der Waals surface area contributed by atoms with Crippen molar-refractivity contribution in [2.45, 2.75) is 19.8 Å². The molecule has 1 aromatic heterocycles. The van der Waals surface area contributed by atoms with Gasteiger partial charge in [0, 0.05) is 11.6 Å². The number of rotatable bonds is 3. The number of H-pyrrole nitrogens is 1. The minimum Gasteiger partial charge on any atom is -0.268 e. The Bertz CT molecular complexity index is 780. The van der Waals surface area contributed by atoms with Crippen molar-refractivity contribution in [2.24, 2.45) is 0 Å². The highest BCUT2D eigenvalue weighted by molar-refractivity contribution is 5.61. The summed E-state index contributed by atoms with van der Waals surface area (Å²) in [5, 5.41) is 2.87. The largest absolute Gasteiger partial charge is 0.268 e. The van der Waals surface area contributed by atoms with E-state index in [0.717, 1.165) is 16.9 Å². The molecule has 1 heterocycles. The zero-order valence-electron chi connectivity index (χ0n) is 12.2. The molecule has 0 fully saturated rings. The van der Waals surface area contributed by atoms with E-state index in [2.05, 4.69) is 31.1 Å². The second kappa shape index (κ2) is 5.44. The van der Waals surface area contributed by atoms with Crippen LogP contribution in [0.5, 0.6) is 0 Å². The molecule has 1 N–H and O–H groups in total. The van der Waals surface area contributed by atoms with Crippen LogP contribution >= 0.6 is 0 Å². The summed E-state index contributed by atoms with van der Waals surface area (Å²) in [6, 6.07) is 19.8. The molecule has 0 saturated heterocycles. The number of hydrogen-bond acceptors (Lipinski definition) is 1. The third-order valence-corrected chi connectivity index (χ3v) is 3.62. The van der Waals surface area contributed by atoms with Gasteiger partial charge in [-0.2, -0.15) is 0 Å². The Morgan fingerprint density at radius 2 is 1.62 bits per heavy atom. The van der Waals surface area contributed by atoms with Crippen LogP contribution in [-0.2, 0) is 0 Å². The zero-order chi connectivity index (χ0) is 14.8. The van der Waals surface area contributed by atoms with Crippen LogP contribution in [0.1, 0.15) is 25.3 Å². The molecule has 0 amide bonds. The van der Waals surface area contributed by atoms with E-state index >= 15 is 0 Å². The first-order valence-corrected chi connectivity index (χ1v) is 7.13. The van der Waals surface area contributed by atoms with Crippen LogP contribution in [0.15, 0.2) is 65.5 Å². The SMILES string of the molecule is CC(C)c1ccc(-n2[nH]c(=O)cc2-c2ccccc2)cc1. The maximum absolute atomic E-state index is 11.8. The Labute approximate surface area is 123 Å². The highest BCUT2D eigenvalue weighted by Gasteiger charge is 2.09. The Hall–Kier alpha value is -2.55. The first-order chi connectivity index (χ1) is 10.1. The number of nitrogens with zero attached hydrogens (tertiary/aromatic N) is 1. The van der Waals surface area contributed by atoms with Crippen LogP contribution in [0.3, 0.4) is 0 Å². The minimum atomic E-state index is -0.0956. The van der Waals surface area contributed by atoms with Crippen LogP contribution in [0.4, 0.5) is 0 Å². The number of hydrogen-bond donors (Lipinski definition) is 1. The van der Waals surface area contributed by atoms with Gasteiger partial charge in [-0.05, 0) is 23.6 Å². The van der Waals surface area contributed by atoms with E-state index in [-0.39, 0.29) is 5.56 Å². The number of nitrogens with one attached hydrogen (secondary N) is 1. The third-order valence-electron chi connectivity index (χ3n) is 3.62. The normalized spacial score (nSPS) is 11.0. The zero-order valence-corrected chi connectivity index (χ0v) is 12.2. The molecule has 0 radical (unpaired) electrons. The molecule has 3 nitrogen and oxygen atoms in total. The summed E-state index contributed by atoms with van der Waals surface area (Å²) in [7, 11) is 0. The lowest BCUT2D eigenvalue weighted by atomic mass is 10.0. The first-order valence-electron chi connectivity index (χ1n) is 7.13. The van der Waals surface area contributed by atoms with E-state index in [0.29, 0.717) is 5.92 Å². The predicted octanol–water partition coefficient (Wildman–Crippen LogP) is 3.96. The van der Waals surface area contributed by atoms with Crippen LogP contribution in [0.25, 0.3) is 16.9 Å². The summed E-state index contributed by atoms with van der Waals surface area (Å²) < 4.78 is 1.84. The molecule has 0 saturated carbocycles. The van der Waals surface area contributed by atoms with Gasteiger partial charge in [-0.3, -0.25) is 14.6 Å². The molecule has 0 aliphatic carbocycles. The lowest BCUT2D eigenvalue weighted by molar-refractivity contribution is 0.850. The molecule has 21 heavy (non-hydrogen) atoms. The average Bonchev–Trinajstić information content (AvgIpc) is 2.90. The molecule has 2 aromatic carbocycles. The average molecular weight is 278 g/mol. The molecule has 0 unspecified atom stereocenters. The lowest BCUT2D eigenvalue weighted by Crippen LogP contribution is -2.04. The highest BCUT2D eigenvalue weighted by atomic mass is 16.1. The van der Waals surface area contributed by atoms with Gasteiger partial charge in [0.05, 0.1) is 11.4 Å². The van der Waals surface area contributed by atoms with Crippen molar-refractivity contribution in [3.8, 4) is 16.9 Å². The molecule has 0 atom stereocenters. The molecule has 106 valence electrons. The maximum Gasteiger partial charge on any atom is 0.265 e. The summed E-state index contributed by atoms with van der Waals surface area (Å²) in [5.41, 5.74) is 4.04. The third kappa shape index (κ3) is 2.68. The molecular weight excluding hydrogens is 260 g/mol. The van der Waals surface area contributed by atoms with Gasteiger partial charge in [-0.25, -0.2) is 0 Å². The van der Waals surface area contributed by atoms with Crippen molar-refractivity contribution in [3.05, 3.63) is 76.6 Å². The monoisotopic (exact) mass is 278 g/mol. The smallest absolute Gasteiger partial charge is 0.265 e. The second-order valence-corrected chi connectivity index (χ2v) is 5.45. The fourth-order valence-corrected chi connectivity index (χ4v) is 2.42. The highest BCUT2D eigenvalue weighted by Crippen LogP contribution is 2.22. The fourth-order valence-electron chi connectivity index (χ4n) is 2.42. The molecule has 3 heteroatoms. The van der Waals surface area contributed by atoms with Crippen molar-refractivity contribution in [1.82, 2.24) is 9.78 Å². The summed E-state index contributed by atoms with van der Waals surface area (Å²) in [6.45, 7) is 4.34. The van der Waals surface area contributed by atoms with Crippen molar-refractivity contribution in [3.63, 3.8) is 0 Å². The molecule has 3 rings (SSSR count). The Morgan fingerprint density at radius 3 is 2.24 bits per heavy atom. The van der Waals surface area contributed by atoms with E-state index in [1.54, 1.807) is 6.07 Å². The fraction of sp³-hybridized carbons (Fsp3) is 0.167. The number of aromatic nitrogens is 2. The topological polar surface area (TPSA) is 37.8 Å². The van der Waals surface area contributed by atoms with Gasteiger partial charge in [0.2, 0.25) is 0 Å². The van der Waals surface area contributed by atoms with E-state index < -0.39 is 0 Å². The van der Waals surface area contributed by atoms with E-state index in [1.807, 2.05) is 47.1 Å². The molecule has 0 aliphatic rings. The van der Waals surface area contributed by atoms with Crippen molar-refractivity contribution in [2.75, 3.05) is 0 Å². The van der Waals surface area contributed by atoms with Gasteiger partial charge in [0.1, 0.15) is 0 Å². The summed E-state index contributed by atoms with van der Waals surface area (Å²) in [4.78, 5) is 11.8. The van der Waals surface area contributed by atoms with Crippen LogP contribution in [-0.4, -0.2) is 9.78 Å². The second-order valence-electron chi connectivity index (χ2n) is 5.45. The van der Waals surface area contributed by atoms with Crippen molar-refractivity contribution >= 4 is 0 Å². The Morgan fingerprint density at radius 1 is 0.952 bits per heavy atom. The van der Waals surface area contributed by atoms with Crippen LogP contribution in [0.2, 0.25) is 0 Å². The molecule has 0 spiro atoms. The number of benzene rings is 2. The van der Waals surface area contributed by atoms with Crippen molar-refractivity contribution < 1.29 is 0 Å². The quantitative estimate of drug-likeness (QED) is 0.773. The standard InChI is InChI=1S/C18H18N2O/c1-13(2)14-8-10-16(11-9-14)20-17(12-18(21)19-20)15-6-4-3-5-7-15/h3-13H,1-2H3,(H,19,21). The van der Waals surface area contributed by atoms with E-state index in [4.69, 9.17) is 0 Å². The molecule has 3 aromatic rings. The van der Waals surface area contributed by atoms with Gasteiger partial charge in [-0.15, -0.1) is 0 Å². The van der Waals surface area contributed by atoms with Crippen molar-refractivity contribution in [1.29, 1.82) is 0 Å². The van der Waals surface area contributed by atoms with Crippen LogP contribution < -0.4 is 5.56 Å². The maximum atomic E-state index is 11.8. The van der Waals surface area contributed by atoms with Gasteiger partial charge in [-0.1, -0.05) is 56.3 Å². The van der Waals surface area contributed by atoms with Gasteiger partial charge in [0.25, 0.3) is 5.56 Å². The van der Waals surface area contributed by atoms with Gasteiger partial charge < -0.3 is 0 Å². The van der Waals surface area contributed by atoms with Crippen LogP contribution in [0, 0.1) is 0 Å². The summed E-state index contributed by atoms with van der Waals surface area (Å²) >= 11 is 0. The predicted molar refractivity (Wildman–Crippen MR) is 85.9 cm³/mol. The molecule has 0 aliphatic heterocycles. The Kier molecular flexibility index (Phi) is 3.48. The van der Waals surface area contributed by atoms with Gasteiger partial charge >= 0.3 is 0 Å². The van der Waals surface area contributed by atoms with E-state index in [1.165, 1.54) is 5.56 Å². The molecule has 0 bridgehead atoms.